The lowest BCUT2D eigenvalue weighted by atomic mass is 10.3. The summed E-state index contributed by atoms with van der Waals surface area (Å²) in [5.41, 5.74) is 0.115. The minimum absolute atomic E-state index is 0.260. The molecule has 0 saturated carbocycles. The van der Waals surface area contributed by atoms with E-state index >= 15 is 0 Å². The van der Waals surface area contributed by atoms with Gasteiger partial charge in [-0.25, -0.2) is 4.79 Å². The molecule has 8 heteroatoms. The highest BCUT2D eigenvalue weighted by molar-refractivity contribution is 5.93. The largest absolute Gasteiger partial charge is 0.573 e. The van der Waals surface area contributed by atoms with Gasteiger partial charge in [0.15, 0.2) is 5.57 Å². The van der Waals surface area contributed by atoms with E-state index in [0.717, 1.165) is 18.3 Å². The molecule has 1 aromatic carbocycles. The van der Waals surface area contributed by atoms with Crippen LogP contribution in [0.3, 0.4) is 0 Å². The van der Waals surface area contributed by atoms with Crippen LogP contribution in [0, 0.1) is 11.3 Å². The number of halogens is 3. The van der Waals surface area contributed by atoms with Gasteiger partial charge in [0, 0.05) is 11.9 Å². The number of nitrogens with zero attached hydrogens (tertiary/aromatic N) is 1. The predicted octanol–water partition coefficient (Wildman–Crippen LogP) is 3.36. The summed E-state index contributed by atoms with van der Waals surface area (Å²) in [5, 5.41) is 11.5. The lowest BCUT2D eigenvalue weighted by molar-refractivity contribution is -0.274. The Labute approximate surface area is 124 Å². The maximum atomic E-state index is 12.0. The normalized spacial score (nSPS) is 11.8. The van der Waals surface area contributed by atoms with Gasteiger partial charge in [-0.3, -0.25) is 0 Å². The molecule has 0 heterocycles. The first-order valence-corrected chi connectivity index (χ1v) is 6.15. The van der Waals surface area contributed by atoms with Gasteiger partial charge in [-0.2, -0.15) is 5.26 Å². The lowest BCUT2D eigenvalue weighted by Gasteiger charge is -2.09. The molecular formula is C14H13F3N2O3. The Bertz CT molecular complexity index is 587. The van der Waals surface area contributed by atoms with Crippen molar-refractivity contribution in [1.29, 1.82) is 5.26 Å². The highest BCUT2D eigenvalue weighted by Crippen LogP contribution is 2.24. The van der Waals surface area contributed by atoms with E-state index in [2.05, 4.69) is 10.1 Å². The Balaban J connectivity index is 2.72. The maximum Gasteiger partial charge on any atom is 0.573 e. The van der Waals surface area contributed by atoms with Crippen LogP contribution in [0.5, 0.6) is 5.75 Å². The summed E-state index contributed by atoms with van der Waals surface area (Å²) in [5.74, 6) is -1.16. The molecule has 0 bridgehead atoms. The van der Waals surface area contributed by atoms with E-state index in [1.54, 1.807) is 19.9 Å². The van der Waals surface area contributed by atoms with Crippen LogP contribution in [0.4, 0.5) is 18.9 Å². The van der Waals surface area contributed by atoms with Crippen molar-refractivity contribution in [3.8, 4) is 11.8 Å². The monoisotopic (exact) mass is 314 g/mol. The molecule has 22 heavy (non-hydrogen) atoms. The molecule has 0 unspecified atom stereocenters. The zero-order valence-corrected chi connectivity index (χ0v) is 11.8. The minimum atomic E-state index is -4.76. The summed E-state index contributed by atoms with van der Waals surface area (Å²) in [6.45, 7) is 3.28. The van der Waals surface area contributed by atoms with Gasteiger partial charge in [0.2, 0.25) is 0 Å². The summed E-state index contributed by atoms with van der Waals surface area (Å²) in [6, 6.07) is 6.48. The Morgan fingerprint density at radius 1 is 1.32 bits per heavy atom. The number of nitrogens with one attached hydrogen (secondary N) is 1. The van der Waals surface area contributed by atoms with Gasteiger partial charge in [0.1, 0.15) is 11.8 Å². The molecule has 0 amide bonds. The molecule has 1 N–H and O–H groups in total. The second-order valence-electron chi connectivity index (χ2n) is 4.34. The molecular weight excluding hydrogens is 301 g/mol. The van der Waals surface area contributed by atoms with E-state index in [0.29, 0.717) is 5.69 Å². The third kappa shape index (κ3) is 6.17. The van der Waals surface area contributed by atoms with Gasteiger partial charge in [-0.15, -0.1) is 13.2 Å². The molecule has 0 aromatic heterocycles. The van der Waals surface area contributed by atoms with E-state index < -0.39 is 12.3 Å². The number of anilines is 1. The summed E-state index contributed by atoms with van der Waals surface area (Å²) >= 11 is 0. The van der Waals surface area contributed by atoms with Crippen LogP contribution in [-0.2, 0) is 9.53 Å². The van der Waals surface area contributed by atoms with Gasteiger partial charge in [0.25, 0.3) is 0 Å². The number of ether oxygens (including phenoxy) is 2. The number of hydrogen-bond acceptors (Lipinski definition) is 5. The topological polar surface area (TPSA) is 71.4 Å². The van der Waals surface area contributed by atoms with Crippen molar-refractivity contribution in [2.45, 2.75) is 26.3 Å². The molecule has 1 rings (SSSR count). The van der Waals surface area contributed by atoms with Crippen LogP contribution in [0.1, 0.15) is 13.8 Å². The fourth-order valence-corrected chi connectivity index (χ4v) is 1.32. The SMILES string of the molecule is CC(C)OC(=O)C(C#N)=CNc1ccc(OC(F)(F)F)cc1. The zero-order valence-electron chi connectivity index (χ0n) is 11.8. The molecule has 0 aliphatic heterocycles. The van der Waals surface area contributed by atoms with Crippen LogP contribution in [0.15, 0.2) is 36.0 Å². The van der Waals surface area contributed by atoms with Crippen molar-refractivity contribution in [1.82, 2.24) is 0 Å². The van der Waals surface area contributed by atoms with Gasteiger partial charge >= 0.3 is 12.3 Å². The Hall–Kier alpha value is -2.69. The van der Waals surface area contributed by atoms with Crippen molar-refractivity contribution in [3.63, 3.8) is 0 Å². The first-order chi connectivity index (χ1) is 10.2. The lowest BCUT2D eigenvalue weighted by Crippen LogP contribution is -2.17. The molecule has 0 atom stereocenters. The van der Waals surface area contributed by atoms with E-state index in [4.69, 9.17) is 10.00 Å². The fraction of sp³-hybridized carbons (Fsp3) is 0.286. The Morgan fingerprint density at radius 2 is 1.91 bits per heavy atom. The summed E-state index contributed by atoms with van der Waals surface area (Å²) in [4.78, 5) is 11.5. The highest BCUT2D eigenvalue weighted by atomic mass is 19.4. The maximum absolute atomic E-state index is 12.0. The smallest absolute Gasteiger partial charge is 0.459 e. The molecule has 5 nitrogen and oxygen atoms in total. The number of carbonyl (C=O) groups is 1. The quantitative estimate of drug-likeness (QED) is 0.512. The van der Waals surface area contributed by atoms with E-state index in [9.17, 15) is 18.0 Å². The molecule has 0 saturated heterocycles. The number of hydrogen-bond donors (Lipinski definition) is 1. The van der Waals surface area contributed by atoms with Crippen molar-refractivity contribution < 1.29 is 27.4 Å². The molecule has 0 fully saturated rings. The van der Waals surface area contributed by atoms with Gasteiger partial charge in [-0.1, -0.05) is 0 Å². The van der Waals surface area contributed by atoms with Crippen LogP contribution in [0.25, 0.3) is 0 Å². The molecule has 1 aromatic rings. The molecule has 0 spiro atoms. The zero-order chi connectivity index (χ0) is 16.8. The van der Waals surface area contributed by atoms with Crippen molar-refractivity contribution in [2.24, 2.45) is 0 Å². The molecule has 0 aliphatic carbocycles. The predicted molar refractivity (Wildman–Crippen MR) is 71.7 cm³/mol. The second kappa shape index (κ2) is 7.36. The molecule has 0 radical (unpaired) electrons. The third-order valence-corrected chi connectivity index (χ3v) is 2.15. The van der Waals surface area contributed by atoms with E-state index in [1.807, 2.05) is 0 Å². The Morgan fingerprint density at radius 3 is 2.36 bits per heavy atom. The van der Waals surface area contributed by atoms with Gasteiger partial charge in [0.05, 0.1) is 6.10 Å². The van der Waals surface area contributed by atoms with E-state index in [-0.39, 0.29) is 17.4 Å². The number of alkyl halides is 3. The van der Waals surface area contributed by atoms with Crippen LogP contribution in [-0.4, -0.2) is 18.4 Å². The van der Waals surface area contributed by atoms with Crippen molar-refractivity contribution in [2.75, 3.05) is 5.32 Å². The highest BCUT2D eigenvalue weighted by Gasteiger charge is 2.30. The number of rotatable bonds is 5. The molecule has 118 valence electrons. The summed E-state index contributed by atoms with van der Waals surface area (Å²) in [6.07, 6.45) is -4.02. The minimum Gasteiger partial charge on any atom is -0.459 e. The number of esters is 1. The number of carbonyl (C=O) groups excluding carboxylic acids is 1. The average Bonchev–Trinajstić information content (AvgIpc) is 2.38. The molecule has 0 aliphatic rings. The summed E-state index contributed by atoms with van der Waals surface area (Å²) in [7, 11) is 0. The first-order valence-electron chi connectivity index (χ1n) is 6.15. The fourth-order valence-electron chi connectivity index (χ4n) is 1.32. The van der Waals surface area contributed by atoms with Crippen LogP contribution >= 0.6 is 0 Å². The van der Waals surface area contributed by atoms with Crippen LogP contribution in [0.2, 0.25) is 0 Å². The summed E-state index contributed by atoms with van der Waals surface area (Å²) < 4.78 is 44.6. The van der Waals surface area contributed by atoms with Crippen LogP contribution < -0.4 is 10.1 Å². The number of nitriles is 1. The van der Waals surface area contributed by atoms with Crippen molar-refractivity contribution in [3.05, 3.63) is 36.0 Å². The second-order valence-corrected chi connectivity index (χ2v) is 4.34. The average molecular weight is 314 g/mol. The van der Waals surface area contributed by atoms with Crippen molar-refractivity contribution >= 4 is 11.7 Å². The third-order valence-electron chi connectivity index (χ3n) is 2.15. The number of benzene rings is 1. The van der Waals surface area contributed by atoms with E-state index in [1.165, 1.54) is 12.1 Å². The Kier molecular flexibility index (Phi) is 5.81. The first kappa shape index (κ1) is 17.4. The van der Waals surface area contributed by atoms with Gasteiger partial charge in [-0.05, 0) is 38.1 Å². The standard InChI is InChI=1S/C14H13F3N2O3/c1-9(2)21-13(20)10(7-18)8-19-11-3-5-12(6-4-11)22-14(15,16)17/h3-6,8-9,19H,1-2H3. The van der Waals surface area contributed by atoms with Gasteiger partial charge < -0.3 is 14.8 Å².